The molecule has 1 unspecified atom stereocenters. The molecule has 0 aliphatic rings. The molecule has 7 nitrogen and oxygen atoms in total. The number of aliphatic carboxylic acids is 3. The zero-order valence-corrected chi connectivity index (χ0v) is 11.8. The normalized spacial score (nSPS) is 12.3. The molecular formula is C10H18AsNO6. The number of carboxylic acid groups (broad SMARTS) is 3. The number of rotatable bonds is 10. The average molecular weight is 323 g/mol. The van der Waals surface area contributed by atoms with Gasteiger partial charge in [0.15, 0.2) is 0 Å². The van der Waals surface area contributed by atoms with Crippen LogP contribution in [-0.2, 0) is 14.4 Å². The van der Waals surface area contributed by atoms with Crippen molar-refractivity contribution in [2.24, 2.45) is 5.73 Å². The molecule has 0 fully saturated rings. The van der Waals surface area contributed by atoms with Gasteiger partial charge < -0.3 is 0 Å². The van der Waals surface area contributed by atoms with Crippen LogP contribution in [0.3, 0.4) is 0 Å². The standard InChI is InChI=1S/C10H18AsNO6/c12-4-2-1-3-7(10(17)18)11(5-8(13)14)6-9(15)16/h7H,1-6,12H2,(H,13,14)(H,15,16)(H,17,18). The van der Waals surface area contributed by atoms with E-state index in [4.69, 9.17) is 21.1 Å². The number of hydrogen-bond acceptors (Lipinski definition) is 4. The fourth-order valence-electron chi connectivity index (χ4n) is 1.57. The van der Waals surface area contributed by atoms with Gasteiger partial charge in [-0.3, -0.25) is 0 Å². The Morgan fingerprint density at radius 3 is 1.83 bits per heavy atom. The topological polar surface area (TPSA) is 138 Å². The fourth-order valence-corrected chi connectivity index (χ4v) is 5.99. The molecule has 0 aliphatic carbocycles. The summed E-state index contributed by atoms with van der Waals surface area (Å²) < 4.78 is -0.809. The first-order valence-electron chi connectivity index (χ1n) is 5.49. The first-order chi connectivity index (χ1) is 8.38. The van der Waals surface area contributed by atoms with Crippen LogP contribution < -0.4 is 5.73 Å². The van der Waals surface area contributed by atoms with Crippen LogP contribution in [0.2, 0.25) is 15.1 Å². The number of nitrogens with two attached hydrogens (primary N) is 1. The Morgan fingerprint density at radius 1 is 1.00 bits per heavy atom. The van der Waals surface area contributed by atoms with Crippen molar-refractivity contribution in [1.29, 1.82) is 0 Å². The van der Waals surface area contributed by atoms with Gasteiger partial charge in [-0.1, -0.05) is 0 Å². The van der Waals surface area contributed by atoms with Gasteiger partial charge in [0.05, 0.1) is 0 Å². The SMILES string of the molecule is NCCCCC(C(=O)O)[As](CC(=O)O)CC(=O)O. The quantitative estimate of drug-likeness (QED) is 0.333. The van der Waals surface area contributed by atoms with Crippen LogP contribution in [0.1, 0.15) is 19.3 Å². The zero-order chi connectivity index (χ0) is 14.1. The Labute approximate surface area is 109 Å². The number of carboxylic acids is 3. The van der Waals surface area contributed by atoms with E-state index >= 15 is 0 Å². The molecule has 0 radical (unpaired) electrons. The van der Waals surface area contributed by atoms with Crippen molar-refractivity contribution in [2.45, 2.75) is 34.4 Å². The molecule has 18 heavy (non-hydrogen) atoms. The summed E-state index contributed by atoms with van der Waals surface area (Å²) in [6, 6.07) is 0. The van der Waals surface area contributed by atoms with Gasteiger partial charge in [0, 0.05) is 0 Å². The van der Waals surface area contributed by atoms with Crippen LogP contribution in [0.25, 0.3) is 0 Å². The third-order valence-corrected chi connectivity index (χ3v) is 8.03. The van der Waals surface area contributed by atoms with Crippen LogP contribution in [-0.4, -0.2) is 54.4 Å². The van der Waals surface area contributed by atoms with Crippen molar-refractivity contribution >= 4 is 32.6 Å². The molecular weight excluding hydrogens is 305 g/mol. The Bertz CT molecular complexity index is 293. The maximum absolute atomic E-state index is 11.1. The summed E-state index contributed by atoms with van der Waals surface area (Å²) in [4.78, 5) is 32.5. The predicted octanol–water partition coefficient (Wildman–Crippen LogP) is 0.234. The van der Waals surface area contributed by atoms with Gasteiger partial charge in [-0.2, -0.15) is 0 Å². The first kappa shape index (κ1) is 16.9. The van der Waals surface area contributed by atoms with Crippen molar-refractivity contribution in [3.8, 4) is 0 Å². The molecule has 0 saturated heterocycles. The Hall–Kier alpha value is -1.07. The van der Waals surface area contributed by atoms with E-state index in [0.29, 0.717) is 25.8 Å². The fraction of sp³-hybridized carbons (Fsp3) is 0.700. The van der Waals surface area contributed by atoms with Crippen LogP contribution in [0, 0.1) is 0 Å². The molecule has 0 amide bonds. The van der Waals surface area contributed by atoms with E-state index in [0.717, 1.165) is 0 Å². The van der Waals surface area contributed by atoms with E-state index in [2.05, 4.69) is 0 Å². The summed E-state index contributed by atoms with van der Waals surface area (Å²) in [5, 5.41) is 25.9. The minimum atomic E-state index is -2.48. The Balaban J connectivity index is 4.67. The monoisotopic (exact) mass is 323 g/mol. The number of unbranched alkanes of at least 4 members (excludes halogenated alkanes) is 1. The second-order valence-electron chi connectivity index (χ2n) is 3.83. The van der Waals surface area contributed by atoms with Gasteiger partial charge in [0.1, 0.15) is 0 Å². The van der Waals surface area contributed by atoms with Gasteiger partial charge in [-0.15, -0.1) is 0 Å². The molecule has 1 atom stereocenters. The van der Waals surface area contributed by atoms with Crippen LogP contribution in [0.5, 0.6) is 0 Å². The van der Waals surface area contributed by atoms with Gasteiger partial charge in [-0.25, -0.2) is 0 Å². The summed E-state index contributed by atoms with van der Waals surface area (Å²) >= 11 is -2.48. The van der Waals surface area contributed by atoms with Crippen molar-refractivity contribution in [1.82, 2.24) is 0 Å². The molecule has 0 saturated carbocycles. The van der Waals surface area contributed by atoms with Gasteiger partial charge in [-0.05, 0) is 0 Å². The Morgan fingerprint density at radius 2 is 1.50 bits per heavy atom. The van der Waals surface area contributed by atoms with E-state index in [1.165, 1.54) is 0 Å². The van der Waals surface area contributed by atoms with E-state index in [-0.39, 0.29) is 10.4 Å². The molecule has 0 rings (SSSR count). The number of hydrogen-bond donors (Lipinski definition) is 4. The molecule has 0 heterocycles. The van der Waals surface area contributed by atoms with Crippen LogP contribution >= 0.6 is 0 Å². The summed E-state index contributed by atoms with van der Waals surface area (Å²) in [5.41, 5.74) is 5.30. The average Bonchev–Trinajstić information content (AvgIpc) is 2.21. The van der Waals surface area contributed by atoms with Crippen molar-refractivity contribution in [2.75, 3.05) is 6.54 Å². The molecule has 5 N–H and O–H groups in total. The summed E-state index contributed by atoms with van der Waals surface area (Å²) in [7, 11) is 0. The number of carbonyl (C=O) groups is 3. The van der Waals surface area contributed by atoms with Gasteiger partial charge in [0.2, 0.25) is 0 Å². The molecule has 0 aromatic rings. The van der Waals surface area contributed by atoms with Crippen molar-refractivity contribution in [3.05, 3.63) is 0 Å². The van der Waals surface area contributed by atoms with Crippen molar-refractivity contribution < 1.29 is 29.7 Å². The third-order valence-electron chi connectivity index (χ3n) is 2.33. The zero-order valence-electron chi connectivity index (χ0n) is 9.91. The maximum atomic E-state index is 11.1. The molecule has 0 spiro atoms. The minimum absolute atomic E-state index is 0.307. The van der Waals surface area contributed by atoms with Gasteiger partial charge >= 0.3 is 109 Å². The second kappa shape index (κ2) is 8.94. The molecule has 0 aliphatic heterocycles. The predicted molar refractivity (Wildman–Crippen MR) is 64.9 cm³/mol. The van der Waals surface area contributed by atoms with E-state index in [1.807, 2.05) is 0 Å². The summed E-state index contributed by atoms with van der Waals surface area (Å²) in [6.07, 6.45) is 1.55. The molecule has 0 aromatic carbocycles. The van der Waals surface area contributed by atoms with Crippen LogP contribution in [0.4, 0.5) is 0 Å². The first-order valence-corrected chi connectivity index (χ1v) is 9.22. The van der Waals surface area contributed by atoms with Crippen LogP contribution in [0.15, 0.2) is 0 Å². The summed E-state index contributed by atoms with van der Waals surface area (Å²) in [6.45, 7) is 0.442. The third kappa shape index (κ3) is 7.29. The van der Waals surface area contributed by atoms with E-state index in [1.54, 1.807) is 0 Å². The molecule has 0 bridgehead atoms. The second-order valence-corrected chi connectivity index (χ2v) is 8.94. The molecule has 0 aromatic heterocycles. The molecule has 104 valence electrons. The van der Waals surface area contributed by atoms with E-state index in [9.17, 15) is 14.4 Å². The van der Waals surface area contributed by atoms with Gasteiger partial charge in [0.25, 0.3) is 0 Å². The molecule has 8 heteroatoms. The summed E-state index contributed by atoms with van der Waals surface area (Å²) in [5.74, 6) is -3.34. The van der Waals surface area contributed by atoms with E-state index < -0.39 is 37.3 Å². The van der Waals surface area contributed by atoms with Crippen molar-refractivity contribution in [3.63, 3.8) is 0 Å². The Kier molecular flexibility index (Phi) is 8.41.